The number of amides is 4. The van der Waals surface area contributed by atoms with Crippen LogP contribution in [0.15, 0.2) is 109 Å². The number of urea groups is 1. The molecule has 55 heavy (non-hydrogen) atoms. The van der Waals surface area contributed by atoms with Crippen LogP contribution in [-0.2, 0) is 16.2 Å². The van der Waals surface area contributed by atoms with Gasteiger partial charge in [-0.2, -0.15) is 0 Å². The Labute approximate surface area is 334 Å². The second-order valence-corrected chi connectivity index (χ2v) is 15.0. The average molecular weight is 793 g/mol. The van der Waals surface area contributed by atoms with Crippen LogP contribution in [0, 0.1) is 0 Å². The van der Waals surface area contributed by atoms with Gasteiger partial charge in [0.05, 0.1) is 17.3 Å². The van der Waals surface area contributed by atoms with Crippen molar-refractivity contribution < 1.29 is 23.9 Å². The van der Waals surface area contributed by atoms with Crippen molar-refractivity contribution in [3.05, 3.63) is 157 Å². The predicted octanol–water partition coefficient (Wildman–Crippen LogP) is 10.2. The molecule has 8 rings (SSSR count). The lowest BCUT2D eigenvalue weighted by Gasteiger charge is -2.44. The summed E-state index contributed by atoms with van der Waals surface area (Å²) in [7, 11) is 0. The van der Waals surface area contributed by atoms with Gasteiger partial charge in [-0.15, -0.1) is 0 Å². The number of hydrogen-bond acceptors (Lipinski definition) is 6. The van der Waals surface area contributed by atoms with Crippen LogP contribution in [0.4, 0.5) is 16.2 Å². The highest BCUT2D eigenvalue weighted by Crippen LogP contribution is 2.50. The van der Waals surface area contributed by atoms with Gasteiger partial charge in [0.1, 0.15) is 12.2 Å². The molecule has 278 valence electrons. The van der Waals surface area contributed by atoms with Gasteiger partial charge in [-0.3, -0.25) is 14.9 Å². The molecule has 0 saturated carbocycles. The van der Waals surface area contributed by atoms with Crippen LogP contribution in [-0.4, -0.2) is 37.5 Å². The molecule has 0 aliphatic carbocycles. The Kier molecular flexibility index (Phi) is 10.3. The van der Waals surface area contributed by atoms with E-state index in [2.05, 4.69) is 34.5 Å². The first-order valence-electron chi connectivity index (χ1n) is 18.2. The van der Waals surface area contributed by atoms with E-state index in [1.807, 2.05) is 55.5 Å². The molecule has 5 aromatic carbocycles. The van der Waals surface area contributed by atoms with E-state index in [0.717, 1.165) is 47.6 Å². The van der Waals surface area contributed by atoms with Crippen LogP contribution in [0.25, 0.3) is 6.08 Å². The van der Waals surface area contributed by atoms with E-state index in [9.17, 15) is 14.4 Å². The third-order valence-electron chi connectivity index (χ3n) is 10.4. The quantitative estimate of drug-likeness (QED) is 0.118. The van der Waals surface area contributed by atoms with E-state index < -0.39 is 17.8 Å². The lowest BCUT2D eigenvalue weighted by Crippen LogP contribution is -2.54. The van der Waals surface area contributed by atoms with Crippen molar-refractivity contribution in [2.24, 2.45) is 0 Å². The first-order valence-corrected chi connectivity index (χ1v) is 19.3. The summed E-state index contributed by atoms with van der Waals surface area (Å²) < 4.78 is 11.9. The summed E-state index contributed by atoms with van der Waals surface area (Å²) in [5, 5.41) is 3.54. The monoisotopic (exact) mass is 791 g/mol. The Morgan fingerprint density at radius 3 is 2.00 bits per heavy atom. The molecule has 3 heterocycles. The van der Waals surface area contributed by atoms with E-state index in [1.165, 1.54) is 17.2 Å². The summed E-state index contributed by atoms with van der Waals surface area (Å²) in [6.45, 7) is 4.00. The first kappa shape index (κ1) is 36.7. The number of imide groups is 2. The van der Waals surface area contributed by atoms with Crippen LogP contribution >= 0.6 is 34.8 Å². The molecule has 2 atom stereocenters. The Balaban J connectivity index is 1.18. The van der Waals surface area contributed by atoms with Crippen molar-refractivity contribution in [1.82, 2.24) is 5.32 Å². The molecule has 3 aliphatic heterocycles. The standard InChI is InChI=1S/C44H36Cl3N3O5/c1-2-54-39-21-26(20-38(47)41(39)55-25-29-13-14-30(45)22-37(29)46)19-36-42(51)48-44(53)50(43(36)52)31-23-34-32(27-9-5-3-6-10-27)15-17-49-18-16-33(35(24-31)40(34)49)28-11-7-4-8-12-28/h3-14,19-24,32-33H,2,15-18,25H2,1H3,(H,48,51,53)/b36-19+/t32-,33-/m1/s1. The minimum atomic E-state index is -0.812. The van der Waals surface area contributed by atoms with Crippen LogP contribution in [0.5, 0.6) is 11.5 Å². The van der Waals surface area contributed by atoms with Gasteiger partial charge in [0.25, 0.3) is 11.8 Å². The normalized spacial score (nSPS) is 18.6. The van der Waals surface area contributed by atoms with Gasteiger partial charge in [-0.1, -0.05) is 102 Å². The molecule has 5 aromatic rings. The number of carbonyl (C=O) groups is 3. The van der Waals surface area contributed by atoms with Crippen molar-refractivity contribution in [1.29, 1.82) is 0 Å². The number of hydrogen-bond donors (Lipinski definition) is 1. The van der Waals surface area contributed by atoms with Crippen LogP contribution < -0.4 is 24.6 Å². The lowest BCUT2D eigenvalue weighted by atomic mass is 9.76. The van der Waals surface area contributed by atoms with Gasteiger partial charge < -0.3 is 14.4 Å². The summed E-state index contributed by atoms with van der Waals surface area (Å²) in [6, 6.07) is 32.0. The Bertz CT molecular complexity index is 2280. The summed E-state index contributed by atoms with van der Waals surface area (Å²) in [5.41, 5.74) is 6.86. The molecule has 0 aromatic heterocycles. The summed E-state index contributed by atoms with van der Waals surface area (Å²) in [4.78, 5) is 45.0. The Hall–Kier alpha value is -5.28. The van der Waals surface area contributed by atoms with E-state index in [1.54, 1.807) is 30.3 Å². The number of nitrogens with zero attached hydrogens (tertiary/aromatic N) is 2. The maximum absolute atomic E-state index is 14.4. The topological polar surface area (TPSA) is 88.2 Å². The summed E-state index contributed by atoms with van der Waals surface area (Å²) in [5.74, 6) is -0.880. The minimum absolute atomic E-state index is 0.0517. The lowest BCUT2D eigenvalue weighted by molar-refractivity contribution is -0.122. The number of benzene rings is 5. The zero-order valence-corrected chi connectivity index (χ0v) is 32.1. The van der Waals surface area contributed by atoms with Crippen LogP contribution in [0.3, 0.4) is 0 Å². The third kappa shape index (κ3) is 7.18. The van der Waals surface area contributed by atoms with Gasteiger partial charge in [0.2, 0.25) is 0 Å². The highest BCUT2D eigenvalue weighted by molar-refractivity contribution is 6.39. The molecule has 3 aliphatic rings. The molecule has 0 unspecified atom stereocenters. The van der Waals surface area contributed by atoms with Crippen LogP contribution in [0.1, 0.15) is 65.0 Å². The zero-order chi connectivity index (χ0) is 38.2. The number of barbiturate groups is 1. The van der Waals surface area contributed by atoms with Crippen molar-refractivity contribution in [2.45, 2.75) is 38.2 Å². The van der Waals surface area contributed by atoms with Crippen LogP contribution in [0.2, 0.25) is 15.1 Å². The number of rotatable bonds is 9. The molecular formula is C44H36Cl3N3O5. The van der Waals surface area contributed by atoms with Crippen molar-refractivity contribution in [2.75, 3.05) is 29.5 Å². The molecule has 0 spiro atoms. The first-order chi connectivity index (χ1) is 26.7. The molecular weight excluding hydrogens is 757 g/mol. The minimum Gasteiger partial charge on any atom is -0.490 e. The summed E-state index contributed by atoms with van der Waals surface area (Å²) in [6.07, 6.45) is 3.18. The molecule has 1 fully saturated rings. The molecule has 8 nitrogen and oxygen atoms in total. The largest absolute Gasteiger partial charge is 0.490 e. The smallest absolute Gasteiger partial charge is 0.335 e. The molecule has 1 saturated heterocycles. The van der Waals surface area contributed by atoms with E-state index in [-0.39, 0.29) is 34.8 Å². The van der Waals surface area contributed by atoms with E-state index in [0.29, 0.717) is 39.2 Å². The fraction of sp³-hybridized carbons (Fsp3) is 0.205. The number of halogens is 3. The fourth-order valence-electron chi connectivity index (χ4n) is 7.89. The molecule has 1 N–H and O–H groups in total. The zero-order valence-electron chi connectivity index (χ0n) is 29.9. The van der Waals surface area contributed by atoms with Gasteiger partial charge >= 0.3 is 6.03 Å². The maximum atomic E-state index is 14.4. The summed E-state index contributed by atoms with van der Waals surface area (Å²) >= 11 is 19.2. The Morgan fingerprint density at radius 1 is 0.764 bits per heavy atom. The molecule has 0 radical (unpaired) electrons. The number of ether oxygens (including phenoxy) is 2. The van der Waals surface area contributed by atoms with Gasteiger partial charge in [-0.25, -0.2) is 9.69 Å². The Morgan fingerprint density at radius 2 is 1.40 bits per heavy atom. The predicted molar refractivity (Wildman–Crippen MR) is 217 cm³/mol. The molecule has 0 bridgehead atoms. The van der Waals surface area contributed by atoms with E-state index in [4.69, 9.17) is 44.3 Å². The fourth-order valence-corrected chi connectivity index (χ4v) is 8.63. The van der Waals surface area contributed by atoms with Crippen molar-refractivity contribution in [3.63, 3.8) is 0 Å². The van der Waals surface area contributed by atoms with Gasteiger partial charge in [0.15, 0.2) is 11.5 Å². The van der Waals surface area contributed by atoms with Gasteiger partial charge in [-0.05, 0) is 90.1 Å². The second-order valence-electron chi connectivity index (χ2n) is 13.7. The highest BCUT2D eigenvalue weighted by atomic mass is 35.5. The molecule has 11 heteroatoms. The number of carbonyl (C=O) groups excluding carboxylic acids is 3. The number of anilines is 2. The van der Waals surface area contributed by atoms with Gasteiger partial charge in [0, 0.05) is 46.2 Å². The highest BCUT2D eigenvalue weighted by Gasteiger charge is 2.40. The molecule has 4 amide bonds. The second kappa shape index (κ2) is 15.5. The SMILES string of the molecule is CCOc1cc(/C=C2\C(=O)NC(=O)N(c3cc4c5c(c3)[C@@H](c3ccccc3)CCN5CC[C@@H]4c3ccccc3)C2=O)cc(Cl)c1OCc1ccc(Cl)cc1Cl. The van der Waals surface area contributed by atoms with E-state index >= 15 is 0 Å². The van der Waals surface area contributed by atoms with Crippen molar-refractivity contribution >= 4 is 70.1 Å². The van der Waals surface area contributed by atoms with Crippen molar-refractivity contribution in [3.8, 4) is 11.5 Å². The maximum Gasteiger partial charge on any atom is 0.335 e. The number of nitrogens with one attached hydrogen (secondary N) is 1. The third-order valence-corrected chi connectivity index (χ3v) is 11.3. The average Bonchev–Trinajstić information content (AvgIpc) is 3.18.